The average Bonchev–Trinajstić information content (AvgIpc) is 2.09. The van der Waals surface area contributed by atoms with Gasteiger partial charge in [0.1, 0.15) is 0 Å². The number of nitrogens with zero attached hydrogens (tertiary/aromatic N) is 1. The summed E-state index contributed by atoms with van der Waals surface area (Å²) in [6.07, 6.45) is 0. The third kappa shape index (κ3) is 3.41. The Balaban J connectivity index is 2.50. The van der Waals surface area contributed by atoms with Crippen molar-refractivity contribution in [1.82, 2.24) is 4.90 Å². The molecule has 0 saturated carbocycles. The molecular formula is C9H18ClNO2S. The highest BCUT2D eigenvalue weighted by atomic mass is 35.5. The van der Waals surface area contributed by atoms with Crippen LogP contribution in [0.3, 0.4) is 0 Å². The maximum atomic E-state index is 11.3. The van der Waals surface area contributed by atoms with Crippen molar-refractivity contribution < 1.29 is 8.42 Å². The summed E-state index contributed by atoms with van der Waals surface area (Å²) in [7, 11) is -2.78. The van der Waals surface area contributed by atoms with Crippen LogP contribution in [0.1, 0.15) is 13.8 Å². The number of sulfone groups is 1. The summed E-state index contributed by atoms with van der Waals surface area (Å²) in [5.74, 6) is 1.66. The molecule has 1 saturated heterocycles. The monoisotopic (exact) mass is 239 g/mol. The van der Waals surface area contributed by atoms with E-state index in [2.05, 4.69) is 11.8 Å². The molecule has 0 aromatic heterocycles. The SMILES string of the molecule is CC(CCl)CN1CCS(=O)(=O)CC1C. The van der Waals surface area contributed by atoms with Gasteiger partial charge in [0.2, 0.25) is 0 Å². The number of alkyl halides is 1. The lowest BCUT2D eigenvalue weighted by molar-refractivity contribution is 0.203. The molecule has 0 N–H and O–H groups in total. The van der Waals surface area contributed by atoms with Crippen molar-refractivity contribution >= 4 is 21.4 Å². The summed E-state index contributed by atoms with van der Waals surface area (Å²) in [6, 6.07) is 0.138. The predicted octanol–water partition coefficient (Wildman–Crippen LogP) is 0.980. The Morgan fingerprint density at radius 1 is 1.57 bits per heavy atom. The summed E-state index contributed by atoms with van der Waals surface area (Å²) >= 11 is 5.73. The zero-order valence-corrected chi connectivity index (χ0v) is 10.3. The van der Waals surface area contributed by atoms with Crippen LogP contribution in [0.2, 0.25) is 0 Å². The molecule has 1 aliphatic rings. The van der Waals surface area contributed by atoms with Gasteiger partial charge in [-0.25, -0.2) is 8.42 Å². The van der Waals surface area contributed by atoms with Gasteiger partial charge in [0.05, 0.1) is 11.5 Å². The topological polar surface area (TPSA) is 37.4 Å². The Kier molecular flexibility index (Phi) is 4.22. The average molecular weight is 240 g/mol. The van der Waals surface area contributed by atoms with E-state index in [9.17, 15) is 8.42 Å². The first-order valence-corrected chi connectivity index (χ1v) is 7.30. The molecule has 1 fully saturated rings. The van der Waals surface area contributed by atoms with Gasteiger partial charge in [0.15, 0.2) is 9.84 Å². The summed E-state index contributed by atoms with van der Waals surface area (Å²) in [5, 5.41) is 0. The normalized spacial score (nSPS) is 30.1. The Bertz CT molecular complexity index is 279. The van der Waals surface area contributed by atoms with Gasteiger partial charge in [-0.3, -0.25) is 4.90 Å². The van der Waals surface area contributed by atoms with E-state index in [1.807, 2.05) is 6.92 Å². The van der Waals surface area contributed by atoms with Gasteiger partial charge < -0.3 is 0 Å². The molecule has 5 heteroatoms. The minimum absolute atomic E-state index is 0.138. The van der Waals surface area contributed by atoms with Crippen molar-refractivity contribution in [2.24, 2.45) is 5.92 Å². The lowest BCUT2D eigenvalue weighted by atomic mass is 10.2. The number of hydrogen-bond donors (Lipinski definition) is 0. The van der Waals surface area contributed by atoms with E-state index < -0.39 is 9.84 Å². The van der Waals surface area contributed by atoms with Gasteiger partial charge in [-0.1, -0.05) is 6.92 Å². The fraction of sp³-hybridized carbons (Fsp3) is 1.00. The maximum Gasteiger partial charge on any atom is 0.153 e. The number of hydrogen-bond acceptors (Lipinski definition) is 3. The van der Waals surface area contributed by atoms with E-state index in [4.69, 9.17) is 11.6 Å². The minimum atomic E-state index is -2.78. The van der Waals surface area contributed by atoms with Gasteiger partial charge >= 0.3 is 0 Å². The number of halogens is 1. The molecule has 0 aromatic rings. The van der Waals surface area contributed by atoms with E-state index in [1.165, 1.54) is 0 Å². The molecule has 0 aliphatic carbocycles. The Labute approximate surface area is 91.3 Å². The lowest BCUT2D eigenvalue weighted by Crippen LogP contribution is -2.48. The molecular weight excluding hydrogens is 222 g/mol. The molecule has 2 unspecified atom stereocenters. The molecule has 0 aromatic carbocycles. The summed E-state index contributed by atoms with van der Waals surface area (Å²) in [6.45, 7) is 5.62. The van der Waals surface area contributed by atoms with Crippen LogP contribution in [0.4, 0.5) is 0 Å². The van der Waals surface area contributed by atoms with Crippen LogP contribution in [0.25, 0.3) is 0 Å². The van der Waals surface area contributed by atoms with Crippen molar-refractivity contribution in [2.75, 3.05) is 30.5 Å². The highest BCUT2D eigenvalue weighted by Crippen LogP contribution is 2.13. The molecule has 0 bridgehead atoms. The fourth-order valence-corrected chi connectivity index (χ4v) is 3.48. The second-order valence-corrected chi connectivity index (χ2v) is 6.76. The summed E-state index contributed by atoms with van der Waals surface area (Å²) < 4.78 is 22.6. The zero-order chi connectivity index (χ0) is 10.8. The van der Waals surface area contributed by atoms with Crippen LogP contribution < -0.4 is 0 Å². The predicted molar refractivity (Wildman–Crippen MR) is 59.6 cm³/mol. The third-order valence-corrected chi connectivity index (χ3v) is 4.94. The van der Waals surface area contributed by atoms with Gasteiger partial charge in [-0.2, -0.15) is 0 Å². The summed E-state index contributed by atoms with van der Waals surface area (Å²) in [5.41, 5.74) is 0. The Hall–Kier alpha value is 0.200. The van der Waals surface area contributed by atoms with Crippen molar-refractivity contribution in [3.63, 3.8) is 0 Å². The van der Waals surface area contributed by atoms with Gasteiger partial charge in [-0.05, 0) is 12.8 Å². The lowest BCUT2D eigenvalue weighted by Gasteiger charge is -2.34. The Morgan fingerprint density at radius 2 is 2.21 bits per heavy atom. The van der Waals surface area contributed by atoms with E-state index in [-0.39, 0.29) is 6.04 Å². The van der Waals surface area contributed by atoms with Gasteiger partial charge in [0.25, 0.3) is 0 Å². The second kappa shape index (κ2) is 4.81. The standard InChI is InChI=1S/C9H18ClNO2S/c1-8(5-10)6-11-3-4-14(12,13)7-9(11)2/h8-9H,3-7H2,1-2H3. The molecule has 2 atom stereocenters. The molecule has 0 radical (unpaired) electrons. The first-order valence-electron chi connectivity index (χ1n) is 4.95. The Morgan fingerprint density at radius 3 is 2.71 bits per heavy atom. The highest BCUT2D eigenvalue weighted by molar-refractivity contribution is 7.91. The van der Waals surface area contributed by atoms with Crippen molar-refractivity contribution in [3.8, 4) is 0 Å². The molecule has 1 aliphatic heterocycles. The summed E-state index contributed by atoms with van der Waals surface area (Å²) in [4.78, 5) is 2.22. The van der Waals surface area contributed by atoms with Crippen molar-refractivity contribution in [3.05, 3.63) is 0 Å². The van der Waals surface area contributed by atoms with Gasteiger partial charge in [0, 0.05) is 25.0 Å². The first kappa shape index (κ1) is 12.3. The molecule has 0 amide bonds. The largest absolute Gasteiger partial charge is 0.298 e. The molecule has 14 heavy (non-hydrogen) atoms. The van der Waals surface area contributed by atoms with Crippen molar-refractivity contribution in [2.45, 2.75) is 19.9 Å². The molecule has 0 spiro atoms. The third-order valence-electron chi connectivity index (χ3n) is 2.62. The highest BCUT2D eigenvalue weighted by Gasteiger charge is 2.28. The van der Waals surface area contributed by atoms with E-state index in [1.54, 1.807) is 0 Å². The second-order valence-electron chi connectivity index (χ2n) is 4.22. The van der Waals surface area contributed by atoms with Crippen LogP contribution in [-0.2, 0) is 9.84 Å². The van der Waals surface area contributed by atoms with E-state index in [0.717, 1.165) is 6.54 Å². The quantitative estimate of drug-likeness (QED) is 0.689. The molecule has 1 rings (SSSR count). The molecule has 84 valence electrons. The van der Waals surface area contributed by atoms with Crippen LogP contribution in [0, 0.1) is 5.92 Å². The molecule has 3 nitrogen and oxygen atoms in total. The van der Waals surface area contributed by atoms with Crippen LogP contribution >= 0.6 is 11.6 Å². The van der Waals surface area contributed by atoms with Gasteiger partial charge in [-0.15, -0.1) is 11.6 Å². The van der Waals surface area contributed by atoms with E-state index in [0.29, 0.717) is 29.8 Å². The van der Waals surface area contributed by atoms with Crippen LogP contribution in [0.15, 0.2) is 0 Å². The smallest absolute Gasteiger partial charge is 0.153 e. The van der Waals surface area contributed by atoms with Crippen molar-refractivity contribution in [1.29, 1.82) is 0 Å². The number of rotatable bonds is 3. The maximum absolute atomic E-state index is 11.3. The van der Waals surface area contributed by atoms with Crippen LogP contribution in [-0.4, -0.2) is 49.8 Å². The van der Waals surface area contributed by atoms with E-state index >= 15 is 0 Å². The van der Waals surface area contributed by atoms with Crippen LogP contribution in [0.5, 0.6) is 0 Å². The molecule has 1 heterocycles. The fourth-order valence-electron chi connectivity index (χ4n) is 1.75. The zero-order valence-electron chi connectivity index (χ0n) is 8.74. The minimum Gasteiger partial charge on any atom is -0.298 e. The first-order chi connectivity index (χ1) is 6.44.